The molecule has 1 atom stereocenters. The molecule has 0 aromatic carbocycles. The molecule has 0 N–H and O–H groups in total. The second-order valence-corrected chi connectivity index (χ2v) is 2.98. The summed E-state index contributed by atoms with van der Waals surface area (Å²) in [5.41, 5.74) is 1.31. The van der Waals surface area contributed by atoms with Gasteiger partial charge in [0.2, 0.25) is 0 Å². The molecule has 1 nitrogen and oxygen atoms in total. The van der Waals surface area contributed by atoms with Gasteiger partial charge in [0.15, 0.2) is 0 Å². The highest BCUT2D eigenvalue weighted by Gasteiger charge is 2.20. The lowest BCUT2D eigenvalue weighted by atomic mass is 10.1. The van der Waals surface area contributed by atoms with Crippen molar-refractivity contribution in [1.82, 2.24) is 4.90 Å². The molecule has 0 aromatic heterocycles. The summed E-state index contributed by atoms with van der Waals surface area (Å²) in [7, 11) is 2.17. The van der Waals surface area contributed by atoms with Crippen LogP contribution < -0.4 is 0 Å². The average molecular weight is 125 g/mol. The molecule has 0 aliphatic carbocycles. The summed E-state index contributed by atoms with van der Waals surface area (Å²) >= 11 is 0. The molecule has 0 aromatic rings. The number of likely N-dealkylation sites (N-methyl/N-ethyl adjacent to an activating group) is 1. The van der Waals surface area contributed by atoms with Crippen molar-refractivity contribution in [2.24, 2.45) is 0 Å². The molecule has 52 valence electrons. The van der Waals surface area contributed by atoms with Gasteiger partial charge in [-0.3, -0.25) is 4.90 Å². The Kier molecular flexibility index (Phi) is 1.91. The van der Waals surface area contributed by atoms with Crippen molar-refractivity contribution >= 4 is 0 Å². The smallest absolute Gasteiger partial charge is 0.0299 e. The Bertz CT molecular complexity index is 118. The van der Waals surface area contributed by atoms with E-state index in [4.69, 9.17) is 0 Å². The van der Waals surface area contributed by atoms with E-state index in [1.807, 2.05) is 0 Å². The first-order chi connectivity index (χ1) is 4.22. The highest BCUT2D eigenvalue weighted by molar-refractivity contribution is 5.04. The van der Waals surface area contributed by atoms with E-state index < -0.39 is 0 Å². The third-order valence-corrected chi connectivity index (χ3v) is 2.09. The molecule has 1 fully saturated rings. The highest BCUT2D eigenvalue weighted by atomic mass is 15.1. The van der Waals surface area contributed by atoms with Crippen molar-refractivity contribution in [2.45, 2.75) is 25.8 Å². The summed E-state index contributed by atoms with van der Waals surface area (Å²) < 4.78 is 0. The third kappa shape index (κ3) is 1.33. The summed E-state index contributed by atoms with van der Waals surface area (Å²) in [6, 6.07) is 0.671. The highest BCUT2D eigenvalue weighted by Crippen LogP contribution is 2.19. The van der Waals surface area contributed by atoms with Crippen LogP contribution in [0.1, 0.15) is 19.8 Å². The quantitative estimate of drug-likeness (QED) is 0.482. The van der Waals surface area contributed by atoms with Gasteiger partial charge in [0.1, 0.15) is 0 Å². The molecule has 0 radical (unpaired) electrons. The van der Waals surface area contributed by atoms with Crippen molar-refractivity contribution in [1.29, 1.82) is 0 Å². The van der Waals surface area contributed by atoms with Crippen LogP contribution >= 0.6 is 0 Å². The van der Waals surface area contributed by atoms with Gasteiger partial charge in [0.05, 0.1) is 0 Å². The minimum atomic E-state index is 0.671. The van der Waals surface area contributed by atoms with Gasteiger partial charge in [-0.05, 0) is 33.4 Å². The fraction of sp³-hybridized carbons (Fsp3) is 0.750. The van der Waals surface area contributed by atoms with E-state index in [-0.39, 0.29) is 0 Å². The first kappa shape index (κ1) is 6.81. The van der Waals surface area contributed by atoms with E-state index in [1.54, 1.807) is 0 Å². The standard InChI is InChI=1S/C8H15N/c1-7(2)8-5-4-6-9(8)3/h8H,1,4-6H2,2-3H3. The number of hydrogen-bond acceptors (Lipinski definition) is 1. The molecule has 1 aliphatic heterocycles. The van der Waals surface area contributed by atoms with Crippen molar-refractivity contribution < 1.29 is 0 Å². The van der Waals surface area contributed by atoms with Crippen LogP contribution in [0.25, 0.3) is 0 Å². The van der Waals surface area contributed by atoms with E-state index >= 15 is 0 Å². The monoisotopic (exact) mass is 125 g/mol. The van der Waals surface area contributed by atoms with Gasteiger partial charge in [-0.1, -0.05) is 12.2 Å². The number of rotatable bonds is 1. The Balaban J connectivity index is 2.49. The maximum absolute atomic E-state index is 3.95. The van der Waals surface area contributed by atoms with Gasteiger partial charge in [0.25, 0.3) is 0 Å². The summed E-state index contributed by atoms with van der Waals surface area (Å²) in [5, 5.41) is 0. The van der Waals surface area contributed by atoms with Crippen LogP contribution in [0.5, 0.6) is 0 Å². The maximum Gasteiger partial charge on any atom is 0.0299 e. The normalized spacial score (nSPS) is 28.9. The second kappa shape index (κ2) is 2.53. The van der Waals surface area contributed by atoms with E-state index in [0.29, 0.717) is 6.04 Å². The van der Waals surface area contributed by atoms with Crippen LogP contribution in [-0.2, 0) is 0 Å². The van der Waals surface area contributed by atoms with E-state index in [9.17, 15) is 0 Å². The molecular formula is C8H15N. The maximum atomic E-state index is 3.95. The van der Waals surface area contributed by atoms with E-state index in [1.165, 1.54) is 25.0 Å². The number of hydrogen-bond donors (Lipinski definition) is 0. The van der Waals surface area contributed by atoms with Crippen LogP contribution in [0.3, 0.4) is 0 Å². The summed E-state index contributed by atoms with van der Waals surface area (Å²) in [4.78, 5) is 2.38. The molecule has 1 unspecified atom stereocenters. The Morgan fingerprint density at radius 2 is 2.33 bits per heavy atom. The van der Waals surface area contributed by atoms with Gasteiger partial charge in [-0.2, -0.15) is 0 Å². The average Bonchev–Trinajstić information content (AvgIpc) is 2.13. The molecular weight excluding hydrogens is 110 g/mol. The van der Waals surface area contributed by atoms with Gasteiger partial charge in [-0.25, -0.2) is 0 Å². The number of nitrogens with zero attached hydrogens (tertiary/aromatic N) is 1. The molecule has 9 heavy (non-hydrogen) atoms. The Morgan fingerprint density at radius 3 is 2.56 bits per heavy atom. The van der Waals surface area contributed by atoms with Gasteiger partial charge in [-0.15, -0.1) is 0 Å². The molecule has 1 saturated heterocycles. The lowest BCUT2D eigenvalue weighted by molar-refractivity contribution is 0.345. The van der Waals surface area contributed by atoms with Gasteiger partial charge < -0.3 is 0 Å². The fourth-order valence-corrected chi connectivity index (χ4v) is 1.53. The molecule has 1 heteroatoms. The van der Waals surface area contributed by atoms with Crippen LogP contribution in [-0.4, -0.2) is 24.5 Å². The summed E-state index contributed by atoms with van der Waals surface area (Å²) in [6.07, 6.45) is 2.65. The van der Waals surface area contributed by atoms with Crippen LogP contribution in [0.2, 0.25) is 0 Å². The first-order valence-electron chi connectivity index (χ1n) is 3.57. The topological polar surface area (TPSA) is 3.24 Å². The molecule has 1 aliphatic rings. The van der Waals surface area contributed by atoms with Gasteiger partial charge >= 0.3 is 0 Å². The van der Waals surface area contributed by atoms with Crippen LogP contribution in [0, 0.1) is 0 Å². The Labute approximate surface area is 57.4 Å². The van der Waals surface area contributed by atoms with E-state index in [2.05, 4.69) is 25.5 Å². The van der Waals surface area contributed by atoms with Gasteiger partial charge in [0, 0.05) is 6.04 Å². The Hall–Kier alpha value is -0.300. The molecule has 1 heterocycles. The van der Waals surface area contributed by atoms with Crippen molar-refractivity contribution in [3.63, 3.8) is 0 Å². The lowest BCUT2D eigenvalue weighted by Crippen LogP contribution is -2.25. The van der Waals surface area contributed by atoms with Crippen molar-refractivity contribution in [3.8, 4) is 0 Å². The van der Waals surface area contributed by atoms with Crippen molar-refractivity contribution in [2.75, 3.05) is 13.6 Å². The minimum Gasteiger partial charge on any atom is -0.300 e. The molecule has 0 amide bonds. The van der Waals surface area contributed by atoms with Crippen LogP contribution in [0.15, 0.2) is 12.2 Å². The lowest BCUT2D eigenvalue weighted by Gasteiger charge is -2.18. The van der Waals surface area contributed by atoms with Crippen molar-refractivity contribution in [3.05, 3.63) is 12.2 Å². The summed E-state index contributed by atoms with van der Waals surface area (Å²) in [6.45, 7) is 7.31. The summed E-state index contributed by atoms with van der Waals surface area (Å²) in [5.74, 6) is 0. The largest absolute Gasteiger partial charge is 0.300 e. The Morgan fingerprint density at radius 1 is 1.67 bits per heavy atom. The SMILES string of the molecule is C=C(C)C1CCCN1C. The van der Waals surface area contributed by atoms with Crippen LogP contribution in [0.4, 0.5) is 0 Å². The zero-order valence-corrected chi connectivity index (χ0v) is 6.35. The third-order valence-electron chi connectivity index (χ3n) is 2.09. The zero-order chi connectivity index (χ0) is 6.85. The second-order valence-electron chi connectivity index (χ2n) is 2.98. The fourth-order valence-electron chi connectivity index (χ4n) is 1.53. The number of likely N-dealkylation sites (tertiary alicyclic amines) is 1. The van der Waals surface area contributed by atoms with E-state index in [0.717, 1.165) is 0 Å². The first-order valence-corrected chi connectivity index (χ1v) is 3.57. The predicted octanol–water partition coefficient (Wildman–Crippen LogP) is 1.66. The molecule has 0 saturated carbocycles. The molecule has 1 rings (SSSR count). The minimum absolute atomic E-state index is 0.671. The molecule has 0 spiro atoms. The zero-order valence-electron chi connectivity index (χ0n) is 6.35. The predicted molar refractivity (Wildman–Crippen MR) is 40.5 cm³/mol. The molecule has 0 bridgehead atoms.